The maximum absolute atomic E-state index is 11.7. The second-order valence-corrected chi connectivity index (χ2v) is 5.26. The molecule has 1 aromatic heterocycles. The van der Waals surface area contributed by atoms with Gasteiger partial charge in [-0.3, -0.25) is 4.79 Å². The number of carbonyl (C=O) groups is 1. The molecule has 5 nitrogen and oxygen atoms in total. The largest absolute Gasteiger partial charge is 0.399 e. The molecule has 88 valence electrons. The molecule has 0 radical (unpaired) electrons. The summed E-state index contributed by atoms with van der Waals surface area (Å²) in [5.41, 5.74) is 8.57. The number of amides is 1. The van der Waals surface area contributed by atoms with Crippen molar-refractivity contribution >= 4 is 34.7 Å². The van der Waals surface area contributed by atoms with E-state index in [4.69, 9.17) is 5.73 Å². The van der Waals surface area contributed by atoms with Crippen LogP contribution in [0, 0.1) is 0 Å². The fourth-order valence-corrected chi connectivity index (χ4v) is 2.86. The van der Waals surface area contributed by atoms with E-state index in [0.29, 0.717) is 11.3 Å². The van der Waals surface area contributed by atoms with Crippen LogP contribution < -0.4 is 11.1 Å². The van der Waals surface area contributed by atoms with Crippen LogP contribution in [0.15, 0.2) is 32.9 Å². The van der Waals surface area contributed by atoms with Crippen molar-refractivity contribution in [2.45, 2.75) is 9.24 Å². The van der Waals surface area contributed by atoms with Gasteiger partial charge in [0.1, 0.15) is 5.51 Å². The minimum absolute atomic E-state index is 0.142. The molecule has 0 aliphatic heterocycles. The summed E-state index contributed by atoms with van der Waals surface area (Å²) < 4.78 is 0.778. The fourth-order valence-electron chi connectivity index (χ4n) is 1.25. The molecule has 2 aromatic rings. The Kier molecular flexibility index (Phi) is 3.60. The van der Waals surface area contributed by atoms with E-state index in [9.17, 15) is 4.79 Å². The maximum atomic E-state index is 11.7. The van der Waals surface area contributed by atoms with Crippen LogP contribution in [-0.2, 0) is 0 Å². The Hall–Kier alpha value is -1.60. The number of nitrogens with zero attached hydrogens (tertiary/aromatic N) is 2. The van der Waals surface area contributed by atoms with Gasteiger partial charge in [-0.05, 0) is 18.2 Å². The third-order valence-electron chi connectivity index (χ3n) is 2.01. The van der Waals surface area contributed by atoms with E-state index in [-0.39, 0.29) is 5.91 Å². The summed E-state index contributed by atoms with van der Waals surface area (Å²) in [6.45, 7) is 0. The molecule has 0 fully saturated rings. The lowest BCUT2D eigenvalue weighted by Crippen LogP contribution is -2.18. The van der Waals surface area contributed by atoms with Gasteiger partial charge in [-0.25, -0.2) is 0 Å². The monoisotopic (exact) mass is 266 g/mol. The Bertz CT molecular complexity index is 527. The van der Waals surface area contributed by atoms with Crippen molar-refractivity contribution < 1.29 is 4.79 Å². The lowest BCUT2D eigenvalue weighted by atomic mass is 10.2. The van der Waals surface area contributed by atoms with Gasteiger partial charge in [0.2, 0.25) is 0 Å². The Labute approximate surface area is 106 Å². The topological polar surface area (TPSA) is 80.9 Å². The van der Waals surface area contributed by atoms with E-state index in [0.717, 1.165) is 9.24 Å². The summed E-state index contributed by atoms with van der Waals surface area (Å²) in [6.07, 6.45) is 0. The predicted molar refractivity (Wildman–Crippen MR) is 68.3 cm³/mol. The number of nitrogens with two attached hydrogens (primary N) is 1. The van der Waals surface area contributed by atoms with Gasteiger partial charge in [0.15, 0.2) is 4.34 Å². The van der Waals surface area contributed by atoms with E-state index in [1.165, 1.54) is 23.1 Å². The molecule has 0 atom stereocenters. The minimum atomic E-state index is -0.142. The van der Waals surface area contributed by atoms with Gasteiger partial charge in [-0.1, -0.05) is 23.1 Å². The zero-order chi connectivity index (χ0) is 12.3. The lowest BCUT2D eigenvalue weighted by molar-refractivity contribution is 0.0960. The summed E-state index contributed by atoms with van der Waals surface area (Å²) in [4.78, 5) is 12.5. The van der Waals surface area contributed by atoms with Crippen molar-refractivity contribution in [2.75, 3.05) is 12.8 Å². The second-order valence-electron chi connectivity index (χ2n) is 3.14. The third-order valence-corrected chi connectivity index (χ3v) is 3.85. The van der Waals surface area contributed by atoms with Crippen LogP contribution in [0.2, 0.25) is 0 Å². The average Bonchev–Trinajstić information content (AvgIpc) is 2.81. The zero-order valence-electron chi connectivity index (χ0n) is 9.01. The molecule has 1 heterocycles. The van der Waals surface area contributed by atoms with Gasteiger partial charge in [-0.2, -0.15) is 0 Å². The van der Waals surface area contributed by atoms with Crippen molar-refractivity contribution in [3.05, 3.63) is 29.3 Å². The van der Waals surface area contributed by atoms with E-state index in [2.05, 4.69) is 15.5 Å². The van der Waals surface area contributed by atoms with E-state index in [1.54, 1.807) is 30.8 Å². The Morgan fingerprint density at radius 3 is 3.00 bits per heavy atom. The van der Waals surface area contributed by atoms with E-state index in [1.807, 2.05) is 0 Å². The molecule has 0 saturated carbocycles. The predicted octanol–water partition coefficient (Wildman–Crippen LogP) is 1.63. The number of benzene rings is 1. The van der Waals surface area contributed by atoms with Crippen LogP contribution in [0.4, 0.5) is 5.69 Å². The third kappa shape index (κ3) is 2.75. The first-order chi connectivity index (χ1) is 8.20. The number of nitrogens with one attached hydrogen (secondary N) is 1. The summed E-state index contributed by atoms with van der Waals surface area (Å²) in [5, 5.41) is 10.3. The molecule has 0 saturated heterocycles. The molecular weight excluding hydrogens is 256 g/mol. The van der Waals surface area contributed by atoms with Crippen LogP contribution in [0.5, 0.6) is 0 Å². The Balaban J connectivity index is 2.36. The summed E-state index contributed by atoms with van der Waals surface area (Å²) in [5.74, 6) is -0.142. The first-order valence-corrected chi connectivity index (χ1v) is 6.46. The van der Waals surface area contributed by atoms with Crippen LogP contribution in [-0.4, -0.2) is 23.2 Å². The lowest BCUT2D eigenvalue weighted by Gasteiger charge is -2.07. The normalized spacial score (nSPS) is 10.2. The zero-order valence-corrected chi connectivity index (χ0v) is 10.6. The van der Waals surface area contributed by atoms with Gasteiger partial charge in [-0.15, -0.1) is 10.2 Å². The number of aromatic nitrogens is 2. The minimum Gasteiger partial charge on any atom is -0.399 e. The van der Waals surface area contributed by atoms with Gasteiger partial charge in [0.05, 0.1) is 5.56 Å². The summed E-state index contributed by atoms with van der Waals surface area (Å²) >= 11 is 2.80. The van der Waals surface area contributed by atoms with Crippen LogP contribution >= 0.6 is 23.1 Å². The summed E-state index contributed by atoms with van der Waals surface area (Å²) in [6, 6.07) is 5.17. The SMILES string of the molecule is CNC(=O)c1ccc(N)cc1Sc1nncs1. The Morgan fingerprint density at radius 2 is 2.35 bits per heavy atom. The van der Waals surface area contributed by atoms with E-state index < -0.39 is 0 Å². The highest BCUT2D eigenvalue weighted by Crippen LogP contribution is 2.32. The molecule has 0 aliphatic rings. The van der Waals surface area contributed by atoms with Crippen LogP contribution in [0.25, 0.3) is 0 Å². The van der Waals surface area contributed by atoms with Gasteiger partial charge in [0.25, 0.3) is 5.91 Å². The molecule has 0 spiro atoms. The molecule has 1 aromatic carbocycles. The number of nitrogen functional groups attached to an aromatic ring is 1. The van der Waals surface area contributed by atoms with Crippen LogP contribution in [0.1, 0.15) is 10.4 Å². The molecule has 7 heteroatoms. The van der Waals surface area contributed by atoms with Crippen LogP contribution in [0.3, 0.4) is 0 Å². The highest BCUT2D eigenvalue weighted by Gasteiger charge is 2.12. The number of rotatable bonds is 3. The molecule has 2 rings (SSSR count). The molecular formula is C10H10N4OS2. The average molecular weight is 266 g/mol. The van der Waals surface area contributed by atoms with E-state index >= 15 is 0 Å². The molecule has 0 unspecified atom stereocenters. The molecule has 3 N–H and O–H groups in total. The Morgan fingerprint density at radius 1 is 1.53 bits per heavy atom. The van der Waals surface area contributed by atoms with Gasteiger partial charge >= 0.3 is 0 Å². The highest BCUT2D eigenvalue weighted by molar-refractivity contribution is 8.01. The molecule has 0 bridgehead atoms. The number of hydrogen-bond acceptors (Lipinski definition) is 6. The standard InChI is InChI=1S/C10H10N4OS2/c1-12-9(15)7-3-2-6(11)4-8(7)17-10-14-13-5-16-10/h2-5H,11H2,1H3,(H,12,15). The number of hydrogen-bond donors (Lipinski definition) is 2. The van der Waals surface area contributed by atoms with Gasteiger partial charge < -0.3 is 11.1 Å². The fraction of sp³-hybridized carbons (Fsp3) is 0.100. The van der Waals surface area contributed by atoms with Crippen molar-refractivity contribution in [2.24, 2.45) is 0 Å². The van der Waals surface area contributed by atoms with Gasteiger partial charge in [0, 0.05) is 17.6 Å². The molecule has 0 aliphatic carbocycles. The highest BCUT2D eigenvalue weighted by atomic mass is 32.2. The molecule has 17 heavy (non-hydrogen) atoms. The smallest absolute Gasteiger partial charge is 0.252 e. The summed E-state index contributed by atoms with van der Waals surface area (Å²) in [7, 11) is 1.60. The van der Waals surface area contributed by atoms with Crippen molar-refractivity contribution in [3.8, 4) is 0 Å². The maximum Gasteiger partial charge on any atom is 0.252 e. The van der Waals surface area contributed by atoms with Crippen molar-refractivity contribution in [1.29, 1.82) is 0 Å². The van der Waals surface area contributed by atoms with Crippen molar-refractivity contribution in [3.63, 3.8) is 0 Å². The first kappa shape index (κ1) is 11.9. The number of carbonyl (C=O) groups excluding carboxylic acids is 1. The quantitative estimate of drug-likeness (QED) is 0.825. The van der Waals surface area contributed by atoms with Crippen molar-refractivity contribution in [1.82, 2.24) is 15.5 Å². The first-order valence-electron chi connectivity index (χ1n) is 4.76. The second kappa shape index (κ2) is 5.15. The molecule has 1 amide bonds. The number of anilines is 1.